The van der Waals surface area contributed by atoms with Crippen molar-refractivity contribution in [2.45, 2.75) is 19.5 Å². The summed E-state index contributed by atoms with van der Waals surface area (Å²) >= 11 is 0. The predicted molar refractivity (Wildman–Crippen MR) is 59.5 cm³/mol. The van der Waals surface area contributed by atoms with E-state index in [0.29, 0.717) is 0 Å². The summed E-state index contributed by atoms with van der Waals surface area (Å²) in [4.78, 5) is 11.4. The fourth-order valence-corrected chi connectivity index (χ4v) is 1.54. The van der Waals surface area contributed by atoms with E-state index in [1.807, 2.05) is 0 Å². The zero-order chi connectivity index (χ0) is 13.7. The van der Waals surface area contributed by atoms with Gasteiger partial charge in [0.2, 0.25) is 0 Å². The first kappa shape index (κ1) is 14.4. The number of alkyl halides is 2. The zero-order valence-corrected chi connectivity index (χ0v) is 10.0. The molecule has 0 fully saturated rings. The number of esters is 1. The van der Waals surface area contributed by atoms with Gasteiger partial charge in [0.05, 0.1) is 19.3 Å². The molecule has 1 rings (SSSR count). The number of halogens is 2. The number of hydrogen-bond donors (Lipinski definition) is 1. The van der Waals surface area contributed by atoms with Crippen LogP contribution < -0.4 is 4.74 Å². The summed E-state index contributed by atoms with van der Waals surface area (Å²) in [7, 11) is 1.20. The monoisotopic (exact) mass is 260 g/mol. The van der Waals surface area contributed by atoms with Crippen molar-refractivity contribution < 1.29 is 28.2 Å². The molecular weight excluding hydrogens is 246 g/mol. The summed E-state index contributed by atoms with van der Waals surface area (Å²) in [5.41, 5.74) is -0.410. The molecule has 0 radical (unpaired) electrons. The van der Waals surface area contributed by atoms with Crippen LogP contribution in [0.25, 0.3) is 0 Å². The molecule has 1 unspecified atom stereocenters. The van der Waals surface area contributed by atoms with Crippen molar-refractivity contribution in [1.29, 1.82) is 0 Å². The van der Waals surface area contributed by atoms with E-state index in [4.69, 9.17) is 4.74 Å². The van der Waals surface area contributed by atoms with Gasteiger partial charge >= 0.3 is 5.97 Å². The van der Waals surface area contributed by atoms with Gasteiger partial charge in [0.1, 0.15) is 5.75 Å². The molecule has 100 valence electrons. The Labute approximate surface area is 103 Å². The third-order valence-corrected chi connectivity index (χ3v) is 2.32. The lowest BCUT2D eigenvalue weighted by atomic mass is 10.0. The highest BCUT2D eigenvalue weighted by molar-refractivity contribution is 5.77. The Hall–Kier alpha value is -1.69. The number of rotatable bonds is 5. The molecule has 0 aromatic heterocycles. The van der Waals surface area contributed by atoms with Gasteiger partial charge in [-0.15, -0.1) is 0 Å². The summed E-state index contributed by atoms with van der Waals surface area (Å²) in [6, 6.07) is 3.83. The smallest absolute Gasteiger partial charge is 0.339 e. The first-order valence-corrected chi connectivity index (χ1v) is 5.32. The third-order valence-electron chi connectivity index (χ3n) is 2.32. The second-order valence-electron chi connectivity index (χ2n) is 3.42. The number of carbonyl (C=O) groups is 1. The summed E-state index contributed by atoms with van der Waals surface area (Å²) in [6.45, 7) is 1.67. The Balaban J connectivity index is 3.15. The number of para-hydroxylation sites is 1. The first-order valence-electron chi connectivity index (χ1n) is 5.32. The van der Waals surface area contributed by atoms with Crippen LogP contribution in [0.3, 0.4) is 0 Å². The average molecular weight is 260 g/mol. The molecule has 0 aliphatic rings. The van der Waals surface area contributed by atoms with E-state index in [9.17, 15) is 18.7 Å². The van der Waals surface area contributed by atoms with Crippen molar-refractivity contribution in [3.05, 3.63) is 29.3 Å². The minimum Gasteiger partial charge on any atom is -0.496 e. The normalized spacial score (nSPS) is 12.3. The van der Waals surface area contributed by atoms with E-state index in [0.717, 1.165) is 0 Å². The molecule has 18 heavy (non-hydrogen) atoms. The Morgan fingerprint density at radius 3 is 2.50 bits per heavy atom. The zero-order valence-electron chi connectivity index (χ0n) is 10.0. The number of carbonyl (C=O) groups excluding carboxylic acids is 1. The van der Waals surface area contributed by atoms with Gasteiger partial charge in [0, 0.05) is 5.56 Å². The summed E-state index contributed by atoms with van der Waals surface area (Å²) in [5.74, 6) is -1.10. The molecule has 1 N–H and O–H groups in total. The first-order chi connectivity index (χ1) is 8.52. The van der Waals surface area contributed by atoms with E-state index in [1.54, 1.807) is 6.92 Å². The van der Waals surface area contributed by atoms with Gasteiger partial charge in [-0.25, -0.2) is 13.6 Å². The van der Waals surface area contributed by atoms with Gasteiger partial charge in [0.25, 0.3) is 6.43 Å². The van der Waals surface area contributed by atoms with Crippen LogP contribution in [0, 0.1) is 0 Å². The highest BCUT2D eigenvalue weighted by Gasteiger charge is 2.26. The fraction of sp³-hybridized carbons (Fsp3) is 0.417. The van der Waals surface area contributed by atoms with Crippen LogP contribution in [-0.4, -0.2) is 24.8 Å². The lowest BCUT2D eigenvalue weighted by Crippen LogP contribution is -2.16. The molecule has 0 saturated carbocycles. The molecule has 0 aliphatic heterocycles. The van der Waals surface area contributed by atoms with E-state index < -0.39 is 18.5 Å². The van der Waals surface area contributed by atoms with Crippen molar-refractivity contribution in [2.75, 3.05) is 13.7 Å². The van der Waals surface area contributed by atoms with Crippen LogP contribution in [0.1, 0.15) is 30.6 Å². The molecule has 0 aliphatic carbocycles. The summed E-state index contributed by atoms with van der Waals surface area (Å²) < 4.78 is 34.9. The largest absolute Gasteiger partial charge is 0.496 e. The highest BCUT2D eigenvalue weighted by atomic mass is 19.3. The number of benzene rings is 1. The van der Waals surface area contributed by atoms with E-state index in [2.05, 4.69) is 4.74 Å². The van der Waals surface area contributed by atoms with Gasteiger partial charge in [-0.1, -0.05) is 12.1 Å². The maximum atomic E-state index is 12.7. The Morgan fingerprint density at radius 1 is 1.39 bits per heavy atom. The minimum absolute atomic E-state index is 0.0336. The lowest BCUT2D eigenvalue weighted by Gasteiger charge is -2.16. The molecule has 1 aromatic carbocycles. The topological polar surface area (TPSA) is 55.8 Å². The van der Waals surface area contributed by atoms with Gasteiger partial charge in [-0.2, -0.15) is 0 Å². The Morgan fingerprint density at radius 2 is 2.00 bits per heavy atom. The summed E-state index contributed by atoms with van der Waals surface area (Å²) in [5, 5.41) is 9.74. The van der Waals surface area contributed by atoms with Crippen LogP contribution in [0.15, 0.2) is 18.2 Å². The van der Waals surface area contributed by atoms with E-state index in [1.165, 1.54) is 25.3 Å². The molecule has 6 heteroatoms. The van der Waals surface area contributed by atoms with Gasteiger partial charge in [-0.05, 0) is 13.0 Å². The standard InChI is InChI=1S/C12H14F2O4/c1-3-18-12(16)9(15)7-5-4-6-8(11(13)14)10(7)17-2/h4-6,9,11,15H,3H2,1-2H3. The number of aliphatic hydroxyl groups excluding tert-OH is 1. The van der Waals surface area contributed by atoms with Gasteiger partial charge < -0.3 is 14.6 Å². The van der Waals surface area contributed by atoms with Crippen LogP contribution in [0.5, 0.6) is 5.75 Å². The quantitative estimate of drug-likeness (QED) is 0.825. The SMILES string of the molecule is CCOC(=O)C(O)c1cccc(C(F)F)c1OC. The molecule has 1 aromatic rings. The van der Waals surface area contributed by atoms with Crippen molar-refractivity contribution in [1.82, 2.24) is 0 Å². The second-order valence-corrected chi connectivity index (χ2v) is 3.42. The second kappa shape index (κ2) is 6.30. The highest BCUT2D eigenvalue weighted by Crippen LogP contribution is 2.35. The number of hydrogen-bond acceptors (Lipinski definition) is 4. The molecule has 0 amide bonds. The van der Waals surface area contributed by atoms with Crippen molar-refractivity contribution in [3.8, 4) is 5.75 Å². The Kier molecular flexibility index (Phi) is 5.03. The third kappa shape index (κ3) is 2.95. The number of methoxy groups -OCH3 is 1. The molecule has 0 saturated heterocycles. The lowest BCUT2D eigenvalue weighted by molar-refractivity contribution is -0.153. The predicted octanol–water partition coefficient (Wildman–Crippen LogP) is 2.23. The van der Waals surface area contributed by atoms with Crippen LogP contribution in [0.2, 0.25) is 0 Å². The maximum absolute atomic E-state index is 12.7. The number of aliphatic hydroxyl groups is 1. The maximum Gasteiger partial charge on any atom is 0.339 e. The van der Waals surface area contributed by atoms with Crippen LogP contribution in [-0.2, 0) is 9.53 Å². The summed E-state index contributed by atoms with van der Waals surface area (Å²) in [6.07, 6.45) is -4.40. The molecule has 4 nitrogen and oxygen atoms in total. The minimum atomic E-state index is -2.76. The number of ether oxygens (including phenoxy) is 2. The molecule has 1 atom stereocenters. The van der Waals surface area contributed by atoms with Crippen LogP contribution in [0.4, 0.5) is 8.78 Å². The molecule has 0 heterocycles. The van der Waals surface area contributed by atoms with Crippen molar-refractivity contribution in [2.24, 2.45) is 0 Å². The van der Waals surface area contributed by atoms with Gasteiger partial charge in [-0.3, -0.25) is 0 Å². The molecular formula is C12H14F2O4. The van der Waals surface area contributed by atoms with Gasteiger partial charge in [0.15, 0.2) is 6.10 Å². The molecule has 0 spiro atoms. The van der Waals surface area contributed by atoms with E-state index in [-0.39, 0.29) is 23.5 Å². The fourth-order valence-electron chi connectivity index (χ4n) is 1.54. The molecule has 0 bridgehead atoms. The Bertz CT molecular complexity index is 421. The van der Waals surface area contributed by atoms with Crippen molar-refractivity contribution >= 4 is 5.97 Å². The van der Waals surface area contributed by atoms with Crippen molar-refractivity contribution in [3.63, 3.8) is 0 Å². The average Bonchev–Trinajstić information content (AvgIpc) is 2.36. The van der Waals surface area contributed by atoms with E-state index >= 15 is 0 Å². The van der Waals surface area contributed by atoms with Crippen LogP contribution >= 0.6 is 0 Å².